The molecular formula is C20H17ClO7. The molecule has 0 bridgehead atoms. The summed E-state index contributed by atoms with van der Waals surface area (Å²) in [5.41, 5.74) is 0.466. The summed E-state index contributed by atoms with van der Waals surface area (Å²) < 4.78 is 14.4. The van der Waals surface area contributed by atoms with Crippen molar-refractivity contribution in [1.82, 2.24) is 0 Å². The summed E-state index contributed by atoms with van der Waals surface area (Å²) in [5, 5.41) is 0.503. The monoisotopic (exact) mass is 404 g/mol. The highest BCUT2D eigenvalue weighted by Gasteiger charge is 2.17. The summed E-state index contributed by atoms with van der Waals surface area (Å²) in [4.78, 5) is 47.7. The number of rotatable bonds is 7. The molecule has 0 fully saturated rings. The minimum Gasteiger partial charge on any atom is -0.465 e. The van der Waals surface area contributed by atoms with Gasteiger partial charge in [-0.3, -0.25) is 9.59 Å². The molecule has 146 valence electrons. The van der Waals surface area contributed by atoms with Gasteiger partial charge in [0.15, 0.2) is 5.78 Å². The van der Waals surface area contributed by atoms with Gasteiger partial charge in [0.2, 0.25) is 0 Å². The van der Waals surface area contributed by atoms with Crippen LogP contribution in [0.15, 0.2) is 42.5 Å². The van der Waals surface area contributed by atoms with Crippen molar-refractivity contribution in [2.75, 3.05) is 14.2 Å². The van der Waals surface area contributed by atoms with Crippen LogP contribution in [0.4, 0.5) is 0 Å². The molecule has 0 N–H and O–H groups in total. The lowest BCUT2D eigenvalue weighted by atomic mass is 10.1. The van der Waals surface area contributed by atoms with Crippen molar-refractivity contribution >= 4 is 35.3 Å². The van der Waals surface area contributed by atoms with E-state index in [1.807, 2.05) is 0 Å². The summed E-state index contributed by atoms with van der Waals surface area (Å²) in [6.45, 7) is 0. The fraction of sp³-hybridized carbons (Fsp3) is 0.200. The normalized spacial score (nSPS) is 10.1. The second-order valence-electron chi connectivity index (χ2n) is 5.63. The highest BCUT2D eigenvalue weighted by Crippen LogP contribution is 2.20. The maximum atomic E-state index is 12.1. The quantitative estimate of drug-likeness (QED) is 0.396. The Morgan fingerprint density at radius 1 is 0.786 bits per heavy atom. The predicted molar refractivity (Wildman–Crippen MR) is 99.8 cm³/mol. The van der Waals surface area contributed by atoms with Crippen LogP contribution in [0.2, 0.25) is 5.02 Å². The van der Waals surface area contributed by atoms with E-state index in [0.717, 1.165) is 0 Å². The molecule has 0 aliphatic rings. The van der Waals surface area contributed by atoms with Gasteiger partial charge in [-0.2, -0.15) is 0 Å². The number of hydrogen-bond donors (Lipinski definition) is 0. The first-order valence-electron chi connectivity index (χ1n) is 8.15. The number of ether oxygens (including phenoxy) is 3. The van der Waals surface area contributed by atoms with Crippen LogP contribution in [-0.2, 0) is 14.3 Å². The molecule has 0 amide bonds. The molecule has 2 rings (SSSR count). The van der Waals surface area contributed by atoms with Crippen molar-refractivity contribution in [2.24, 2.45) is 0 Å². The predicted octanol–water partition coefficient (Wildman–Crippen LogP) is 3.48. The minimum atomic E-state index is -0.707. The fourth-order valence-electron chi connectivity index (χ4n) is 2.31. The Morgan fingerprint density at radius 2 is 1.32 bits per heavy atom. The van der Waals surface area contributed by atoms with E-state index in [1.54, 1.807) is 24.3 Å². The summed E-state index contributed by atoms with van der Waals surface area (Å²) in [6.07, 6.45) is -0.252. The Hall–Kier alpha value is -3.19. The SMILES string of the molecule is COC(=O)c1cc(OC(=O)CCC(=O)c2ccc(Cl)cc2)cc(C(=O)OC)c1. The van der Waals surface area contributed by atoms with Gasteiger partial charge in [0, 0.05) is 17.0 Å². The lowest BCUT2D eigenvalue weighted by molar-refractivity contribution is -0.134. The van der Waals surface area contributed by atoms with E-state index >= 15 is 0 Å². The molecule has 0 aromatic heterocycles. The fourth-order valence-corrected chi connectivity index (χ4v) is 2.43. The standard InChI is InChI=1S/C20H17ClO7/c1-26-19(24)13-9-14(20(25)27-2)11-16(10-13)28-18(23)8-7-17(22)12-3-5-15(21)6-4-12/h3-6,9-11H,7-8H2,1-2H3. The van der Waals surface area contributed by atoms with Crippen LogP contribution >= 0.6 is 11.6 Å². The average molecular weight is 405 g/mol. The van der Waals surface area contributed by atoms with Gasteiger partial charge in [-0.05, 0) is 42.5 Å². The van der Waals surface area contributed by atoms with E-state index in [0.29, 0.717) is 10.6 Å². The topological polar surface area (TPSA) is 96.0 Å². The molecule has 0 unspecified atom stereocenters. The highest BCUT2D eigenvalue weighted by molar-refractivity contribution is 6.30. The van der Waals surface area contributed by atoms with Crippen molar-refractivity contribution in [3.05, 3.63) is 64.2 Å². The zero-order valence-electron chi connectivity index (χ0n) is 15.2. The lowest BCUT2D eigenvalue weighted by Gasteiger charge is -2.09. The van der Waals surface area contributed by atoms with Gasteiger partial charge in [-0.25, -0.2) is 9.59 Å². The number of halogens is 1. The maximum absolute atomic E-state index is 12.1. The number of benzene rings is 2. The highest BCUT2D eigenvalue weighted by atomic mass is 35.5. The van der Waals surface area contributed by atoms with Crippen LogP contribution in [0.25, 0.3) is 0 Å². The van der Waals surface area contributed by atoms with Gasteiger partial charge in [0.1, 0.15) is 5.75 Å². The zero-order valence-corrected chi connectivity index (χ0v) is 15.9. The third-order valence-electron chi connectivity index (χ3n) is 3.70. The number of methoxy groups -OCH3 is 2. The van der Waals surface area contributed by atoms with E-state index in [1.165, 1.54) is 32.4 Å². The molecule has 0 aliphatic carbocycles. The molecule has 0 spiro atoms. The maximum Gasteiger partial charge on any atom is 0.338 e. The third kappa shape index (κ3) is 5.65. The smallest absolute Gasteiger partial charge is 0.338 e. The Balaban J connectivity index is 2.07. The summed E-state index contributed by atoms with van der Waals surface area (Å²) >= 11 is 5.77. The molecular weight excluding hydrogens is 388 g/mol. The number of esters is 3. The van der Waals surface area contributed by atoms with Crippen molar-refractivity contribution in [2.45, 2.75) is 12.8 Å². The Bertz CT molecular complexity index is 869. The Kier molecular flexibility index (Phi) is 7.28. The lowest BCUT2D eigenvalue weighted by Crippen LogP contribution is -2.13. The zero-order chi connectivity index (χ0) is 20.7. The number of carbonyl (C=O) groups is 4. The van der Waals surface area contributed by atoms with Gasteiger partial charge in [-0.1, -0.05) is 11.6 Å². The molecule has 0 aliphatic heterocycles. The minimum absolute atomic E-state index is 0.0189. The van der Waals surface area contributed by atoms with E-state index in [-0.39, 0.29) is 35.5 Å². The van der Waals surface area contributed by atoms with Crippen LogP contribution in [0.3, 0.4) is 0 Å². The average Bonchev–Trinajstić information content (AvgIpc) is 2.70. The second-order valence-corrected chi connectivity index (χ2v) is 6.07. The van der Waals surface area contributed by atoms with Crippen LogP contribution in [-0.4, -0.2) is 37.9 Å². The van der Waals surface area contributed by atoms with Crippen molar-refractivity contribution < 1.29 is 33.4 Å². The molecule has 28 heavy (non-hydrogen) atoms. The van der Waals surface area contributed by atoms with E-state index in [9.17, 15) is 19.2 Å². The van der Waals surface area contributed by atoms with E-state index in [2.05, 4.69) is 9.47 Å². The van der Waals surface area contributed by atoms with Crippen LogP contribution in [0.1, 0.15) is 43.9 Å². The van der Waals surface area contributed by atoms with E-state index < -0.39 is 17.9 Å². The number of ketones is 1. The van der Waals surface area contributed by atoms with Gasteiger partial charge < -0.3 is 14.2 Å². The first kappa shape index (κ1) is 21.1. The molecule has 0 saturated carbocycles. The first-order chi connectivity index (χ1) is 13.3. The summed E-state index contributed by atoms with van der Waals surface area (Å²) in [7, 11) is 2.36. The van der Waals surface area contributed by atoms with Crippen molar-refractivity contribution in [3.63, 3.8) is 0 Å². The molecule has 8 heteroatoms. The second kappa shape index (κ2) is 9.66. The van der Waals surface area contributed by atoms with Crippen molar-refractivity contribution in [1.29, 1.82) is 0 Å². The van der Waals surface area contributed by atoms with Gasteiger partial charge in [0.25, 0.3) is 0 Å². The molecule has 0 atom stereocenters. The number of Topliss-reactive ketones (excluding diaryl/α,β-unsaturated/α-hetero) is 1. The van der Waals surface area contributed by atoms with Gasteiger partial charge in [-0.15, -0.1) is 0 Å². The molecule has 0 heterocycles. The molecule has 2 aromatic rings. The van der Waals surface area contributed by atoms with Crippen LogP contribution < -0.4 is 4.74 Å². The van der Waals surface area contributed by atoms with E-state index in [4.69, 9.17) is 16.3 Å². The molecule has 7 nitrogen and oxygen atoms in total. The molecule has 2 aromatic carbocycles. The van der Waals surface area contributed by atoms with Crippen molar-refractivity contribution in [3.8, 4) is 5.75 Å². The number of carbonyl (C=O) groups excluding carboxylic acids is 4. The number of hydrogen-bond acceptors (Lipinski definition) is 7. The van der Waals surface area contributed by atoms with Gasteiger partial charge in [0.05, 0.1) is 31.8 Å². The van der Waals surface area contributed by atoms with Gasteiger partial charge >= 0.3 is 17.9 Å². The largest absolute Gasteiger partial charge is 0.465 e. The summed E-state index contributed by atoms with van der Waals surface area (Å²) in [6, 6.07) is 10.1. The molecule has 0 saturated heterocycles. The first-order valence-corrected chi connectivity index (χ1v) is 8.53. The summed E-state index contributed by atoms with van der Waals surface area (Å²) in [5.74, 6) is -2.39. The third-order valence-corrected chi connectivity index (χ3v) is 3.95. The Labute approximate surface area is 166 Å². The molecule has 0 radical (unpaired) electrons. The van der Waals surface area contributed by atoms with Crippen LogP contribution in [0.5, 0.6) is 5.75 Å². The van der Waals surface area contributed by atoms with Crippen LogP contribution in [0, 0.1) is 0 Å². The Morgan fingerprint density at radius 3 is 1.82 bits per heavy atom.